The van der Waals surface area contributed by atoms with Crippen LogP contribution in [0.25, 0.3) is 11.0 Å². The van der Waals surface area contributed by atoms with Crippen molar-refractivity contribution in [3.8, 4) is 0 Å². The Morgan fingerprint density at radius 2 is 2.18 bits per heavy atom. The van der Waals surface area contributed by atoms with Crippen molar-refractivity contribution < 1.29 is 4.79 Å². The molecule has 0 saturated heterocycles. The summed E-state index contributed by atoms with van der Waals surface area (Å²) in [6.07, 6.45) is 4.25. The van der Waals surface area contributed by atoms with E-state index in [9.17, 15) is 4.79 Å². The number of rotatable bonds is 5. The normalized spacial score (nSPS) is 12.5. The highest BCUT2D eigenvalue weighted by Gasteiger charge is 2.16. The summed E-state index contributed by atoms with van der Waals surface area (Å²) in [5, 5.41) is 3.02. The highest BCUT2D eigenvalue weighted by Crippen LogP contribution is 2.14. The van der Waals surface area contributed by atoms with Crippen LogP contribution in [0.1, 0.15) is 30.9 Å². The summed E-state index contributed by atoms with van der Waals surface area (Å²) in [7, 11) is 0. The summed E-state index contributed by atoms with van der Waals surface area (Å²) in [5.74, 6) is 0.743. The summed E-state index contributed by atoms with van der Waals surface area (Å²) < 4.78 is 1.85. The molecule has 1 amide bonds. The highest BCUT2D eigenvalue weighted by atomic mass is 16.2. The minimum absolute atomic E-state index is 0.0518. The smallest absolute Gasteiger partial charge is 0.240 e. The molecule has 2 N–H and O–H groups in total. The van der Waals surface area contributed by atoms with E-state index in [4.69, 9.17) is 0 Å². The Labute approximate surface area is 128 Å². The number of aromatic nitrogens is 4. The molecule has 0 aliphatic heterocycles. The van der Waals surface area contributed by atoms with Crippen molar-refractivity contribution in [2.24, 2.45) is 0 Å². The van der Waals surface area contributed by atoms with Gasteiger partial charge in [-0.3, -0.25) is 4.79 Å². The standard InChI is InChI=1S/C16H19N5O/c1-3-12(16-17-8-11(2)19-16)20-15(22)9-21-10-18-13-6-4-5-7-14(13)21/h4-8,10,12H,3,9H2,1-2H3,(H,17,19)(H,20,22)/t12-/m0/s1. The van der Waals surface area contributed by atoms with E-state index in [0.29, 0.717) is 0 Å². The van der Waals surface area contributed by atoms with Crippen LogP contribution in [0.3, 0.4) is 0 Å². The molecule has 0 radical (unpaired) electrons. The average molecular weight is 297 g/mol. The van der Waals surface area contributed by atoms with Crippen LogP contribution in [-0.2, 0) is 11.3 Å². The number of aromatic amines is 1. The third-order valence-corrected chi connectivity index (χ3v) is 3.64. The molecule has 0 spiro atoms. The number of para-hydroxylation sites is 2. The van der Waals surface area contributed by atoms with E-state index in [1.807, 2.05) is 42.7 Å². The number of aryl methyl sites for hydroxylation is 1. The van der Waals surface area contributed by atoms with Crippen LogP contribution < -0.4 is 5.32 Å². The molecular weight excluding hydrogens is 278 g/mol. The minimum Gasteiger partial charge on any atom is -0.345 e. The number of nitrogens with one attached hydrogen (secondary N) is 2. The fourth-order valence-electron chi connectivity index (χ4n) is 2.50. The first-order valence-electron chi connectivity index (χ1n) is 7.38. The third kappa shape index (κ3) is 2.86. The molecule has 0 saturated carbocycles. The molecule has 114 valence electrons. The number of nitrogens with zero attached hydrogens (tertiary/aromatic N) is 3. The minimum atomic E-state index is -0.101. The van der Waals surface area contributed by atoms with Crippen LogP contribution in [0.5, 0.6) is 0 Å². The van der Waals surface area contributed by atoms with E-state index < -0.39 is 0 Å². The predicted octanol–water partition coefficient (Wildman–Crippen LogP) is 2.34. The third-order valence-electron chi connectivity index (χ3n) is 3.64. The molecule has 0 aliphatic carbocycles. The van der Waals surface area contributed by atoms with Crippen molar-refractivity contribution in [1.29, 1.82) is 0 Å². The number of amides is 1. The van der Waals surface area contributed by atoms with Crippen LogP contribution in [0.2, 0.25) is 0 Å². The zero-order valence-corrected chi connectivity index (χ0v) is 12.7. The van der Waals surface area contributed by atoms with E-state index in [1.165, 1.54) is 0 Å². The van der Waals surface area contributed by atoms with Crippen LogP contribution in [-0.4, -0.2) is 25.4 Å². The van der Waals surface area contributed by atoms with Gasteiger partial charge in [-0.25, -0.2) is 9.97 Å². The molecule has 22 heavy (non-hydrogen) atoms. The fraction of sp³-hybridized carbons (Fsp3) is 0.312. The van der Waals surface area contributed by atoms with Gasteiger partial charge >= 0.3 is 0 Å². The van der Waals surface area contributed by atoms with Crippen molar-refractivity contribution in [2.45, 2.75) is 32.9 Å². The lowest BCUT2D eigenvalue weighted by Crippen LogP contribution is -2.31. The monoisotopic (exact) mass is 297 g/mol. The van der Waals surface area contributed by atoms with Crippen LogP contribution in [0.4, 0.5) is 0 Å². The summed E-state index contributed by atoms with van der Waals surface area (Å²) in [4.78, 5) is 24.1. The Morgan fingerprint density at radius 1 is 1.36 bits per heavy atom. The molecule has 6 heteroatoms. The lowest BCUT2D eigenvalue weighted by molar-refractivity contribution is -0.122. The lowest BCUT2D eigenvalue weighted by atomic mass is 10.2. The maximum absolute atomic E-state index is 12.3. The topological polar surface area (TPSA) is 75.6 Å². The van der Waals surface area contributed by atoms with Gasteiger partial charge in [0.15, 0.2) is 0 Å². The van der Waals surface area contributed by atoms with E-state index in [1.54, 1.807) is 12.5 Å². The lowest BCUT2D eigenvalue weighted by Gasteiger charge is -2.15. The molecule has 0 unspecified atom stereocenters. The summed E-state index contributed by atoms with van der Waals surface area (Å²) in [5.41, 5.74) is 2.84. The zero-order chi connectivity index (χ0) is 15.5. The average Bonchev–Trinajstić information content (AvgIpc) is 3.12. The summed E-state index contributed by atoms with van der Waals surface area (Å²) in [6.45, 7) is 4.22. The zero-order valence-electron chi connectivity index (χ0n) is 12.7. The van der Waals surface area contributed by atoms with Gasteiger partial charge in [-0.15, -0.1) is 0 Å². The van der Waals surface area contributed by atoms with Gasteiger partial charge in [0.1, 0.15) is 12.4 Å². The summed E-state index contributed by atoms with van der Waals surface area (Å²) >= 11 is 0. The first-order valence-corrected chi connectivity index (χ1v) is 7.38. The molecule has 1 atom stereocenters. The van der Waals surface area contributed by atoms with Crippen LogP contribution >= 0.6 is 0 Å². The van der Waals surface area contributed by atoms with Gasteiger partial charge in [0, 0.05) is 11.9 Å². The van der Waals surface area contributed by atoms with Gasteiger partial charge in [0.05, 0.1) is 23.4 Å². The van der Waals surface area contributed by atoms with Gasteiger partial charge in [-0.05, 0) is 25.5 Å². The molecule has 2 aromatic heterocycles. The number of hydrogen-bond donors (Lipinski definition) is 2. The van der Waals surface area contributed by atoms with Gasteiger partial charge < -0.3 is 14.9 Å². The number of carbonyl (C=O) groups excluding carboxylic acids is 1. The number of imidazole rings is 2. The number of benzene rings is 1. The Balaban J connectivity index is 1.71. The Kier molecular flexibility index (Phi) is 3.91. The summed E-state index contributed by atoms with van der Waals surface area (Å²) in [6, 6.07) is 7.67. The van der Waals surface area contributed by atoms with Crippen molar-refractivity contribution >= 4 is 16.9 Å². The van der Waals surface area contributed by atoms with Gasteiger partial charge in [-0.2, -0.15) is 0 Å². The molecule has 3 rings (SSSR count). The number of carbonyl (C=O) groups is 1. The molecule has 1 aromatic carbocycles. The maximum Gasteiger partial charge on any atom is 0.240 e. The van der Waals surface area contributed by atoms with Crippen LogP contribution in [0.15, 0.2) is 36.8 Å². The molecular formula is C16H19N5O. The van der Waals surface area contributed by atoms with Crippen molar-refractivity contribution in [3.05, 3.63) is 48.3 Å². The van der Waals surface area contributed by atoms with Crippen molar-refractivity contribution in [3.63, 3.8) is 0 Å². The molecule has 6 nitrogen and oxygen atoms in total. The second-order valence-corrected chi connectivity index (χ2v) is 5.34. The highest BCUT2D eigenvalue weighted by molar-refractivity contribution is 5.80. The molecule has 0 fully saturated rings. The van der Waals surface area contributed by atoms with E-state index in [0.717, 1.165) is 29.0 Å². The SMILES string of the molecule is CC[C@H](NC(=O)Cn1cnc2ccccc21)c1ncc(C)[nH]1. The first-order chi connectivity index (χ1) is 10.7. The molecule has 0 aliphatic rings. The van der Waals surface area contributed by atoms with Crippen molar-refractivity contribution in [2.75, 3.05) is 0 Å². The van der Waals surface area contributed by atoms with Gasteiger partial charge in [-0.1, -0.05) is 19.1 Å². The van der Waals surface area contributed by atoms with Crippen LogP contribution in [0, 0.1) is 6.92 Å². The van der Waals surface area contributed by atoms with Gasteiger partial charge in [0.25, 0.3) is 0 Å². The first kappa shape index (κ1) is 14.3. The Morgan fingerprint density at radius 3 is 2.91 bits per heavy atom. The van der Waals surface area contributed by atoms with E-state index >= 15 is 0 Å². The van der Waals surface area contributed by atoms with Gasteiger partial charge in [0.2, 0.25) is 5.91 Å². The fourth-order valence-corrected chi connectivity index (χ4v) is 2.50. The second kappa shape index (κ2) is 6.01. The second-order valence-electron chi connectivity index (χ2n) is 5.34. The molecule has 0 bridgehead atoms. The maximum atomic E-state index is 12.3. The molecule has 3 aromatic rings. The Bertz CT molecular complexity index is 789. The Hall–Kier alpha value is -2.63. The van der Waals surface area contributed by atoms with E-state index in [-0.39, 0.29) is 18.5 Å². The quantitative estimate of drug-likeness (QED) is 0.759. The predicted molar refractivity (Wildman–Crippen MR) is 84.2 cm³/mol. The molecule has 2 heterocycles. The number of hydrogen-bond acceptors (Lipinski definition) is 3. The van der Waals surface area contributed by atoms with E-state index in [2.05, 4.69) is 20.3 Å². The number of H-pyrrole nitrogens is 1. The van der Waals surface area contributed by atoms with Crippen molar-refractivity contribution in [1.82, 2.24) is 24.8 Å². The largest absolute Gasteiger partial charge is 0.345 e. The number of fused-ring (bicyclic) bond motifs is 1.